The summed E-state index contributed by atoms with van der Waals surface area (Å²) < 4.78 is 15.7. The van der Waals surface area contributed by atoms with E-state index < -0.39 is 0 Å². The quantitative estimate of drug-likeness (QED) is 0.788. The smallest absolute Gasteiger partial charge is 0.194 e. The number of aryl methyl sites for hydroxylation is 2. The molecule has 2 aromatic heterocycles. The van der Waals surface area contributed by atoms with Gasteiger partial charge < -0.3 is 5.32 Å². The summed E-state index contributed by atoms with van der Waals surface area (Å²) in [7, 11) is 0. The van der Waals surface area contributed by atoms with Crippen molar-refractivity contribution in [2.24, 2.45) is 0 Å². The lowest BCUT2D eigenvalue weighted by molar-refractivity contribution is 0.630. The number of aromatic nitrogens is 2. The summed E-state index contributed by atoms with van der Waals surface area (Å²) in [6.07, 6.45) is 0. The molecular weight excluding hydrogens is 261 g/mol. The highest BCUT2D eigenvalue weighted by Crippen LogP contribution is 2.22. The molecule has 0 aliphatic rings. The fourth-order valence-electron chi connectivity index (χ4n) is 2.16. The van der Waals surface area contributed by atoms with Crippen molar-refractivity contribution in [3.8, 4) is 0 Å². The summed E-state index contributed by atoms with van der Waals surface area (Å²) in [5.41, 5.74) is 3.74. The highest BCUT2D eigenvalue weighted by Gasteiger charge is 2.12. The Morgan fingerprint density at radius 3 is 2.89 bits per heavy atom. The molecule has 0 spiro atoms. The number of nitrogens with one attached hydrogen (secondary N) is 1. The lowest BCUT2D eigenvalue weighted by Gasteiger charge is -2.08. The van der Waals surface area contributed by atoms with E-state index in [9.17, 15) is 4.39 Å². The minimum Gasteiger partial charge on any atom is -0.377 e. The number of benzene rings is 1. The van der Waals surface area contributed by atoms with Gasteiger partial charge in [-0.2, -0.15) is 0 Å². The van der Waals surface area contributed by atoms with Crippen LogP contribution in [0, 0.1) is 19.7 Å². The summed E-state index contributed by atoms with van der Waals surface area (Å²) in [6, 6.07) is 6.70. The zero-order valence-corrected chi connectivity index (χ0v) is 11.6. The molecule has 0 atom stereocenters. The molecule has 5 heteroatoms. The van der Waals surface area contributed by atoms with Crippen molar-refractivity contribution in [2.75, 3.05) is 5.32 Å². The van der Waals surface area contributed by atoms with E-state index in [-0.39, 0.29) is 5.82 Å². The monoisotopic (exact) mass is 275 g/mol. The zero-order chi connectivity index (χ0) is 13.4. The van der Waals surface area contributed by atoms with Crippen LogP contribution in [0.1, 0.15) is 17.1 Å². The second-order valence-corrected chi connectivity index (χ2v) is 5.31. The van der Waals surface area contributed by atoms with Crippen molar-refractivity contribution in [2.45, 2.75) is 20.4 Å². The highest BCUT2D eigenvalue weighted by molar-refractivity contribution is 7.15. The van der Waals surface area contributed by atoms with Crippen molar-refractivity contribution < 1.29 is 4.39 Å². The van der Waals surface area contributed by atoms with Crippen LogP contribution in [0.2, 0.25) is 0 Å². The van der Waals surface area contributed by atoms with Crippen LogP contribution in [0.3, 0.4) is 0 Å². The van der Waals surface area contributed by atoms with Gasteiger partial charge in [-0.3, -0.25) is 4.40 Å². The maximum Gasteiger partial charge on any atom is 0.194 e. The number of hydrogen-bond acceptors (Lipinski definition) is 3. The summed E-state index contributed by atoms with van der Waals surface area (Å²) in [5, 5.41) is 5.21. The summed E-state index contributed by atoms with van der Waals surface area (Å²) in [5.74, 6) is -0.233. The molecule has 0 aliphatic heterocycles. The number of rotatable bonds is 3. The molecule has 19 heavy (non-hydrogen) atoms. The van der Waals surface area contributed by atoms with Crippen LogP contribution < -0.4 is 5.32 Å². The number of halogens is 1. The predicted octanol–water partition coefficient (Wildman–Crippen LogP) is 3.76. The fourth-order valence-corrected chi connectivity index (χ4v) is 3.09. The van der Waals surface area contributed by atoms with E-state index in [2.05, 4.69) is 27.0 Å². The van der Waals surface area contributed by atoms with E-state index in [1.165, 1.54) is 6.07 Å². The predicted molar refractivity (Wildman–Crippen MR) is 76.3 cm³/mol. The van der Waals surface area contributed by atoms with E-state index in [1.54, 1.807) is 23.5 Å². The average Bonchev–Trinajstić information content (AvgIpc) is 2.89. The van der Waals surface area contributed by atoms with Crippen molar-refractivity contribution in [1.29, 1.82) is 0 Å². The van der Waals surface area contributed by atoms with Crippen molar-refractivity contribution >= 4 is 22.0 Å². The molecule has 3 aromatic rings. The molecule has 98 valence electrons. The van der Waals surface area contributed by atoms with Crippen molar-refractivity contribution in [3.05, 3.63) is 52.5 Å². The molecule has 1 aromatic carbocycles. The molecule has 1 N–H and O–H groups in total. The molecule has 2 heterocycles. The van der Waals surface area contributed by atoms with Gasteiger partial charge in [0.1, 0.15) is 5.82 Å². The molecule has 0 aliphatic carbocycles. The van der Waals surface area contributed by atoms with Gasteiger partial charge >= 0.3 is 0 Å². The van der Waals surface area contributed by atoms with Crippen LogP contribution >= 0.6 is 11.3 Å². The van der Waals surface area contributed by atoms with Crippen LogP contribution in [0.4, 0.5) is 10.1 Å². The minimum atomic E-state index is -0.233. The summed E-state index contributed by atoms with van der Waals surface area (Å²) >= 11 is 1.62. The maximum atomic E-state index is 13.6. The highest BCUT2D eigenvalue weighted by atomic mass is 32.1. The van der Waals surface area contributed by atoms with E-state index >= 15 is 0 Å². The van der Waals surface area contributed by atoms with Crippen LogP contribution in [-0.4, -0.2) is 9.38 Å². The average molecular weight is 275 g/mol. The van der Waals surface area contributed by atoms with Gasteiger partial charge in [0.2, 0.25) is 0 Å². The number of imidazole rings is 1. The van der Waals surface area contributed by atoms with E-state index in [0.717, 1.165) is 22.0 Å². The van der Waals surface area contributed by atoms with Crippen LogP contribution in [0.5, 0.6) is 0 Å². The van der Waals surface area contributed by atoms with Gasteiger partial charge in [-0.25, -0.2) is 9.37 Å². The Balaban J connectivity index is 1.92. The first-order chi connectivity index (χ1) is 9.16. The zero-order valence-electron chi connectivity index (χ0n) is 10.8. The first-order valence-corrected chi connectivity index (χ1v) is 6.95. The minimum absolute atomic E-state index is 0.233. The van der Waals surface area contributed by atoms with Crippen molar-refractivity contribution in [1.82, 2.24) is 9.38 Å². The molecule has 0 unspecified atom stereocenters. The normalized spacial score (nSPS) is 11.1. The topological polar surface area (TPSA) is 29.3 Å². The van der Waals surface area contributed by atoms with Gasteiger partial charge in [-0.05, 0) is 26.0 Å². The third-order valence-corrected chi connectivity index (χ3v) is 4.09. The molecular formula is C14H14FN3S. The van der Waals surface area contributed by atoms with Crippen LogP contribution in [-0.2, 0) is 6.54 Å². The lowest BCUT2D eigenvalue weighted by atomic mass is 10.3. The standard InChI is InChI=1S/C14H14FN3S/c1-9-8-19-14-17-10(2)13(18(9)14)7-16-12-6-4-3-5-11(12)15/h3-6,8,16H,7H2,1-2H3. The number of thiazole rings is 1. The van der Waals surface area contributed by atoms with Crippen molar-refractivity contribution in [3.63, 3.8) is 0 Å². The van der Waals surface area contributed by atoms with E-state index in [1.807, 2.05) is 13.0 Å². The van der Waals surface area contributed by atoms with Gasteiger partial charge in [0, 0.05) is 11.1 Å². The number of para-hydroxylation sites is 1. The summed E-state index contributed by atoms with van der Waals surface area (Å²) in [6.45, 7) is 4.60. The number of hydrogen-bond donors (Lipinski definition) is 1. The molecule has 0 saturated heterocycles. The molecule has 3 rings (SSSR count). The van der Waals surface area contributed by atoms with Gasteiger partial charge in [0.15, 0.2) is 4.96 Å². The molecule has 0 saturated carbocycles. The third-order valence-electron chi connectivity index (χ3n) is 3.15. The Labute approximate surface area is 114 Å². The number of nitrogens with zero attached hydrogens (tertiary/aromatic N) is 2. The first-order valence-electron chi connectivity index (χ1n) is 6.07. The van der Waals surface area contributed by atoms with E-state index in [0.29, 0.717) is 12.2 Å². The van der Waals surface area contributed by atoms with Crippen LogP contribution in [0.25, 0.3) is 4.96 Å². The second-order valence-electron chi connectivity index (χ2n) is 4.47. The van der Waals surface area contributed by atoms with Crippen LogP contribution in [0.15, 0.2) is 29.6 Å². The van der Waals surface area contributed by atoms with Gasteiger partial charge in [0.25, 0.3) is 0 Å². The molecule has 0 fully saturated rings. The number of fused-ring (bicyclic) bond motifs is 1. The Morgan fingerprint density at radius 1 is 1.32 bits per heavy atom. The fraction of sp³-hybridized carbons (Fsp3) is 0.214. The number of anilines is 1. The Bertz CT molecular complexity index is 729. The lowest BCUT2D eigenvalue weighted by Crippen LogP contribution is -2.05. The van der Waals surface area contributed by atoms with Gasteiger partial charge in [-0.15, -0.1) is 11.3 Å². The molecule has 3 nitrogen and oxygen atoms in total. The molecule has 0 amide bonds. The molecule has 0 radical (unpaired) electrons. The largest absolute Gasteiger partial charge is 0.377 e. The maximum absolute atomic E-state index is 13.6. The SMILES string of the molecule is Cc1nc2scc(C)n2c1CNc1ccccc1F. The Morgan fingerprint density at radius 2 is 2.11 bits per heavy atom. The third kappa shape index (κ3) is 2.10. The van der Waals surface area contributed by atoms with Gasteiger partial charge in [0.05, 0.1) is 23.6 Å². The first kappa shape index (κ1) is 12.2. The Hall–Kier alpha value is -1.88. The molecule has 0 bridgehead atoms. The summed E-state index contributed by atoms with van der Waals surface area (Å²) in [4.78, 5) is 5.50. The van der Waals surface area contributed by atoms with E-state index in [4.69, 9.17) is 0 Å². The second kappa shape index (κ2) is 4.66. The van der Waals surface area contributed by atoms with Gasteiger partial charge in [-0.1, -0.05) is 12.1 Å². The Kier molecular flexibility index (Phi) is 2.98.